The predicted octanol–water partition coefficient (Wildman–Crippen LogP) is 3.40. The van der Waals surface area contributed by atoms with Crippen molar-refractivity contribution in [2.45, 2.75) is 32.7 Å². The van der Waals surface area contributed by atoms with Gasteiger partial charge in [0.2, 0.25) is 11.8 Å². The molecule has 0 spiro atoms. The largest absolute Gasteiger partial charge is 0.445 e. The van der Waals surface area contributed by atoms with Crippen LogP contribution in [0.3, 0.4) is 0 Å². The molecule has 1 aliphatic heterocycles. The van der Waals surface area contributed by atoms with Crippen LogP contribution in [0, 0.1) is 12.8 Å². The first kappa shape index (κ1) is 17.5. The van der Waals surface area contributed by atoms with Crippen molar-refractivity contribution < 1.29 is 9.21 Å². The molecule has 1 amide bonds. The van der Waals surface area contributed by atoms with Gasteiger partial charge < -0.3 is 15.1 Å². The first-order valence-corrected chi connectivity index (χ1v) is 7.68. The number of aromatic nitrogens is 1. The molecule has 23 heavy (non-hydrogen) atoms. The highest BCUT2D eigenvalue weighted by Gasteiger charge is 2.24. The van der Waals surface area contributed by atoms with E-state index in [9.17, 15) is 4.79 Å². The first-order chi connectivity index (χ1) is 10.6. The summed E-state index contributed by atoms with van der Waals surface area (Å²) in [7, 11) is 0. The number of piperidine rings is 1. The maximum atomic E-state index is 12.4. The molecule has 1 fully saturated rings. The number of amides is 1. The second kappa shape index (κ2) is 7.62. The van der Waals surface area contributed by atoms with E-state index in [2.05, 4.69) is 22.5 Å². The van der Waals surface area contributed by atoms with Gasteiger partial charge in [-0.3, -0.25) is 4.79 Å². The normalized spacial score (nSPS) is 20.6. The molecule has 2 N–H and O–H groups in total. The van der Waals surface area contributed by atoms with Gasteiger partial charge in [-0.2, -0.15) is 0 Å². The summed E-state index contributed by atoms with van der Waals surface area (Å²) in [6.45, 7) is 5.01. The number of nitrogens with one attached hydrogen (secondary N) is 2. The summed E-state index contributed by atoms with van der Waals surface area (Å²) in [5.41, 5.74) is 2.76. The van der Waals surface area contributed by atoms with Gasteiger partial charge in [0.25, 0.3) is 0 Å². The van der Waals surface area contributed by atoms with E-state index in [1.165, 1.54) is 0 Å². The van der Waals surface area contributed by atoms with E-state index in [1.54, 1.807) is 12.5 Å². The Labute approximate surface area is 142 Å². The highest BCUT2D eigenvalue weighted by atomic mass is 35.5. The van der Waals surface area contributed by atoms with Crippen LogP contribution in [0.15, 0.2) is 35.1 Å². The van der Waals surface area contributed by atoms with Crippen molar-refractivity contribution in [3.63, 3.8) is 0 Å². The van der Waals surface area contributed by atoms with E-state index < -0.39 is 0 Å². The molecular formula is C17H22ClN3O2. The molecule has 0 unspecified atom stereocenters. The number of hydrogen-bond donors (Lipinski definition) is 2. The molecule has 1 aromatic heterocycles. The van der Waals surface area contributed by atoms with Crippen molar-refractivity contribution in [2.75, 3.05) is 11.9 Å². The third kappa shape index (κ3) is 4.12. The monoisotopic (exact) mass is 335 g/mol. The Morgan fingerprint density at radius 2 is 2.26 bits per heavy atom. The summed E-state index contributed by atoms with van der Waals surface area (Å²) in [6, 6.07) is 6.21. The van der Waals surface area contributed by atoms with Crippen molar-refractivity contribution >= 4 is 24.0 Å². The number of oxazole rings is 1. The summed E-state index contributed by atoms with van der Waals surface area (Å²) in [6.07, 6.45) is 4.94. The third-order valence-corrected chi connectivity index (χ3v) is 4.16. The molecule has 3 rings (SSSR count). The summed E-state index contributed by atoms with van der Waals surface area (Å²) < 4.78 is 5.36. The Morgan fingerprint density at radius 3 is 2.96 bits per heavy atom. The van der Waals surface area contributed by atoms with Crippen LogP contribution in [0.4, 0.5) is 5.69 Å². The minimum Gasteiger partial charge on any atom is -0.445 e. The second-order valence-electron chi connectivity index (χ2n) is 5.93. The molecule has 0 bridgehead atoms. The smallest absolute Gasteiger partial charge is 0.227 e. The summed E-state index contributed by atoms with van der Waals surface area (Å²) in [5, 5.41) is 6.39. The van der Waals surface area contributed by atoms with Gasteiger partial charge in [0.05, 0.1) is 6.20 Å². The maximum Gasteiger partial charge on any atom is 0.227 e. The van der Waals surface area contributed by atoms with Crippen LogP contribution in [-0.4, -0.2) is 23.5 Å². The number of rotatable bonds is 3. The number of nitrogens with zero attached hydrogens (tertiary/aromatic N) is 1. The van der Waals surface area contributed by atoms with E-state index in [-0.39, 0.29) is 24.2 Å². The lowest BCUT2D eigenvalue weighted by Crippen LogP contribution is -2.40. The Hall–Kier alpha value is -1.85. The number of anilines is 1. The molecule has 2 heterocycles. The van der Waals surface area contributed by atoms with Gasteiger partial charge in [-0.25, -0.2) is 4.98 Å². The lowest BCUT2D eigenvalue weighted by molar-refractivity contribution is -0.120. The number of halogens is 1. The molecule has 0 saturated carbocycles. The lowest BCUT2D eigenvalue weighted by Gasteiger charge is -2.27. The minimum atomic E-state index is 0. The predicted molar refractivity (Wildman–Crippen MR) is 92.7 cm³/mol. The van der Waals surface area contributed by atoms with Gasteiger partial charge in [-0.15, -0.1) is 12.4 Å². The molecule has 2 aromatic rings. The highest BCUT2D eigenvalue weighted by Crippen LogP contribution is 2.26. The number of benzene rings is 1. The zero-order valence-electron chi connectivity index (χ0n) is 13.3. The highest BCUT2D eigenvalue weighted by molar-refractivity contribution is 5.93. The van der Waals surface area contributed by atoms with Gasteiger partial charge in [-0.05, 0) is 50.9 Å². The van der Waals surface area contributed by atoms with Gasteiger partial charge in [0.1, 0.15) is 6.26 Å². The van der Waals surface area contributed by atoms with E-state index in [0.29, 0.717) is 11.9 Å². The van der Waals surface area contributed by atoms with Crippen LogP contribution in [0.2, 0.25) is 0 Å². The van der Waals surface area contributed by atoms with Crippen molar-refractivity contribution in [3.05, 3.63) is 36.2 Å². The van der Waals surface area contributed by atoms with E-state index in [1.807, 2.05) is 25.1 Å². The number of hydrogen-bond acceptors (Lipinski definition) is 4. The van der Waals surface area contributed by atoms with E-state index >= 15 is 0 Å². The van der Waals surface area contributed by atoms with Crippen LogP contribution in [-0.2, 0) is 4.79 Å². The Morgan fingerprint density at radius 1 is 1.43 bits per heavy atom. The lowest BCUT2D eigenvalue weighted by atomic mass is 9.92. The summed E-state index contributed by atoms with van der Waals surface area (Å²) in [5.74, 6) is 0.738. The topological polar surface area (TPSA) is 67.2 Å². The maximum absolute atomic E-state index is 12.4. The first-order valence-electron chi connectivity index (χ1n) is 7.68. The van der Waals surface area contributed by atoms with Crippen molar-refractivity contribution in [1.29, 1.82) is 0 Å². The Balaban J connectivity index is 0.00000192. The Bertz CT molecular complexity index is 658. The van der Waals surface area contributed by atoms with Crippen LogP contribution in [0.25, 0.3) is 11.5 Å². The van der Waals surface area contributed by atoms with Crippen LogP contribution in [0.1, 0.15) is 25.3 Å². The van der Waals surface area contributed by atoms with Gasteiger partial charge in [-0.1, -0.05) is 6.07 Å². The van der Waals surface area contributed by atoms with Crippen LogP contribution >= 0.6 is 12.4 Å². The fourth-order valence-corrected chi connectivity index (χ4v) is 2.90. The zero-order valence-corrected chi connectivity index (χ0v) is 14.2. The summed E-state index contributed by atoms with van der Waals surface area (Å²) in [4.78, 5) is 16.6. The average molecular weight is 336 g/mol. The molecule has 2 atom stereocenters. The third-order valence-electron chi connectivity index (χ3n) is 4.16. The molecule has 1 aromatic carbocycles. The molecule has 1 saturated heterocycles. The molecule has 0 radical (unpaired) electrons. The average Bonchev–Trinajstić information content (AvgIpc) is 3.03. The standard InChI is InChI=1S/C17H21N3O2.ClH/c1-11-3-4-14(10-15(11)17-19-7-8-22-17)20-16(21)13-5-6-18-12(2)9-13;/h3-4,7-8,10,12-13,18H,5-6,9H2,1-2H3,(H,20,21);1H/t12-,13-;/m0./s1. The van der Waals surface area contributed by atoms with Crippen LogP contribution in [0.5, 0.6) is 0 Å². The number of aryl methyl sites for hydroxylation is 1. The molecular weight excluding hydrogens is 314 g/mol. The van der Waals surface area contributed by atoms with Gasteiger partial charge in [0, 0.05) is 23.2 Å². The minimum absolute atomic E-state index is 0. The molecule has 124 valence electrons. The fraction of sp³-hybridized carbons (Fsp3) is 0.412. The van der Waals surface area contributed by atoms with Crippen molar-refractivity contribution in [3.8, 4) is 11.5 Å². The number of carbonyl (C=O) groups is 1. The zero-order chi connectivity index (χ0) is 15.5. The molecule has 6 heteroatoms. The van der Waals surface area contributed by atoms with Crippen molar-refractivity contribution in [2.24, 2.45) is 5.92 Å². The van der Waals surface area contributed by atoms with E-state index in [0.717, 1.165) is 36.2 Å². The Kier molecular flexibility index (Phi) is 5.80. The van der Waals surface area contributed by atoms with Gasteiger partial charge >= 0.3 is 0 Å². The van der Waals surface area contributed by atoms with Gasteiger partial charge in [0.15, 0.2) is 0 Å². The SMILES string of the molecule is Cc1ccc(NC(=O)[C@H]2CCN[C@@H](C)C2)cc1-c1ncco1.Cl. The molecule has 0 aliphatic carbocycles. The summed E-state index contributed by atoms with van der Waals surface area (Å²) >= 11 is 0. The van der Waals surface area contributed by atoms with E-state index in [4.69, 9.17) is 4.42 Å². The fourth-order valence-electron chi connectivity index (χ4n) is 2.90. The van der Waals surface area contributed by atoms with Crippen molar-refractivity contribution in [1.82, 2.24) is 10.3 Å². The number of carbonyl (C=O) groups excluding carboxylic acids is 1. The molecule has 1 aliphatic rings. The quantitative estimate of drug-likeness (QED) is 0.902. The second-order valence-corrected chi connectivity index (χ2v) is 5.93. The van der Waals surface area contributed by atoms with Crippen LogP contribution < -0.4 is 10.6 Å². The molecule has 5 nitrogen and oxygen atoms in total.